The van der Waals surface area contributed by atoms with Crippen molar-refractivity contribution in [2.45, 2.75) is 19.3 Å². The summed E-state index contributed by atoms with van der Waals surface area (Å²) in [4.78, 5) is 0. The van der Waals surface area contributed by atoms with Crippen LogP contribution in [0.2, 0.25) is 0 Å². The Bertz CT molecular complexity index is 386. The fraction of sp³-hybridized carbons (Fsp3) is 0.538. The van der Waals surface area contributed by atoms with Crippen LogP contribution in [0.25, 0.3) is 0 Å². The summed E-state index contributed by atoms with van der Waals surface area (Å²) in [7, 11) is 1.68. The van der Waals surface area contributed by atoms with Gasteiger partial charge in [-0.1, -0.05) is 12.1 Å². The summed E-state index contributed by atoms with van der Waals surface area (Å²) < 4.78 is 5.23. The van der Waals surface area contributed by atoms with Crippen molar-refractivity contribution >= 4 is 0 Å². The van der Waals surface area contributed by atoms with Gasteiger partial charge in [-0.05, 0) is 36.5 Å². The summed E-state index contributed by atoms with van der Waals surface area (Å²) in [6, 6.07) is 6.20. The van der Waals surface area contributed by atoms with Crippen molar-refractivity contribution in [2.24, 2.45) is 11.1 Å². The van der Waals surface area contributed by atoms with Gasteiger partial charge in [0.2, 0.25) is 0 Å². The van der Waals surface area contributed by atoms with Crippen molar-refractivity contribution in [3.63, 3.8) is 0 Å². The average Bonchev–Trinajstić information content (AvgIpc) is 3.04. The Hall–Kier alpha value is -1.06. The SMILES string of the molecule is COc1ccc(C2CC2(CN)CO)cc1C. The number of ether oxygens (including phenoxy) is 1. The molecule has 2 rings (SSSR count). The van der Waals surface area contributed by atoms with Gasteiger partial charge >= 0.3 is 0 Å². The van der Waals surface area contributed by atoms with Crippen LogP contribution in [-0.2, 0) is 0 Å². The van der Waals surface area contributed by atoms with Gasteiger partial charge in [0.05, 0.1) is 13.7 Å². The van der Waals surface area contributed by atoms with Crippen LogP contribution in [0.5, 0.6) is 5.75 Å². The lowest BCUT2D eigenvalue weighted by atomic mass is 9.98. The Morgan fingerprint density at radius 3 is 2.75 bits per heavy atom. The van der Waals surface area contributed by atoms with Gasteiger partial charge in [0.25, 0.3) is 0 Å². The molecular formula is C13H19NO2. The second kappa shape index (κ2) is 4.07. The third-order valence-electron chi connectivity index (χ3n) is 3.73. The van der Waals surface area contributed by atoms with Gasteiger partial charge in [0.1, 0.15) is 5.75 Å². The van der Waals surface area contributed by atoms with E-state index >= 15 is 0 Å². The fourth-order valence-electron chi connectivity index (χ4n) is 2.40. The highest BCUT2D eigenvalue weighted by molar-refractivity contribution is 5.40. The summed E-state index contributed by atoms with van der Waals surface area (Å²) in [6.45, 7) is 2.77. The Balaban J connectivity index is 2.21. The summed E-state index contributed by atoms with van der Waals surface area (Å²) in [5.41, 5.74) is 8.04. The number of hydrogen-bond acceptors (Lipinski definition) is 3. The van der Waals surface area contributed by atoms with Crippen LogP contribution in [0.1, 0.15) is 23.5 Å². The van der Waals surface area contributed by atoms with Crippen molar-refractivity contribution in [3.8, 4) is 5.75 Å². The smallest absolute Gasteiger partial charge is 0.121 e. The quantitative estimate of drug-likeness (QED) is 0.808. The van der Waals surface area contributed by atoms with Crippen molar-refractivity contribution in [1.82, 2.24) is 0 Å². The zero-order valence-electron chi connectivity index (χ0n) is 9.86. The Morgan fingerprint density at radius 2 is 2.31 bits per heavy atom. The molecule has 1 aliphatic rings. The van der Waals surface area contributed by atoms with E-state index in [0.717, 1.165) is 17.7 Å². The molecule has 3 heteroatoms. The van der Waals surface area contributed by atoms with Gasteiger partial charge in [-0.3, -0.25) is 0 Å². The second-order valence-corrected chi connectivity index (χ2v) is 4.71. The molecule has 0 saturated heterocycles. The summed E-state index contributed by atoms with van der Waals surface area (Å²) in [5.74, 6) is 1.32. The molecule has 1 fully saturated rings. The monoisotopic (exact) mass is 221 g/mol. The molecule has 3 nitrogen and oxygen atoms in total. The summed E-state index contributed by atoms with van der Waals surface area (Å²) in [5, 5.41) is 9.35. The van der Waals surface area contributed by atoms with Gasteiger partial charge in [-0.2, -0.15) is 0 Å². The van der Waals surface area contributed by atoms with Crippen LogP contribution in [0.4, 0.5) is 0 Å². The van der Waals surface area contributed by atoms with Gasteiger partial charge in [-0.25, -0.2) is 0 Å². The lowest BCUT2D eigenvalue weighted by Gasteiger charge is -2.12. The van der Waals surface area contributed by atoms with E-state index in [4.69, 9.17) is 10.5 Å². The summed E-state index contributed by atoms with van der Waals surface area (Å²) >= 11 is 0. The van der Waals surface area contributed by atoms with Gasteiger partial charge in [0, 0.05) is 12.0 Å². The van der Waals surface area contributed by atoms with Crippen LogP contribution < -0.4 is 10.5 Å². The third kappa shape index (κ3) is 1.70. The maximum atomic E-state index is 9.35. The first-order valence-corrected chi connectivity index (χ1v) is 5.62. The fourth-order valence-corrected chi connectivity index (χ4v) is 2.40. The molecule has 0 spiro atoms. The number of nitrogens with two attached hydrogens (primary N) is 1. The number of hydrogen-bond donors (Lipinski definition) is 2. The van der Waals surface area contributed by atoms with E-state index in [1.807, 2.05) is 13.0 Å². The van der Waals surface area contributed by atoms with E-state index in [9.17, 15) is 5.11 Å². The van der Waals surface area contributed by atoms with E-state index in [1.54, 1.807) is 7.11 Å². The number of aliphatic hydroxyl groups excluding tert-OH is 1. The minimum absolute atomic E-state index is 0.0684. The maximum Gasteiger partial charge on any atom is 0.121 e. The normalized spacial score (nSPS) is 27.9. The molecule has 0 heterocycles. The van der Waals surface area contributed by atoms with E-state index in [1.165, 1.54) is 5.56 Å². The van der Waals surface area contributed by atoms with E-state index < -0.39 is 0 Å². The van der Waals surface area contributed by atoms with Crippen LogP contribution in [0, 0.1) is 12.3 Å². The molecule has 0 bridgehead atoms. The molecule has 0 radical (unpaired) electrons. The first-order chi connectivity index (χ1) is 7.66. The Kier molecular flexibility index (Phi) is 2.91. The van der Waals surface area contributed by atoms with Crippen LogP contribution in [0.15, 0.2) is 18.2 Å². The molecule has 0 amide bonds. The zero-order valence-corrected chi connectivity index (χ0v) is 9.86. The van der Waals surface area contributed by atoms with Crippen molar-refractivity contribution in [2.75, 3.05) is 20.3 Å². The van der Waals surface area contributed by atoms with E-state index in [-0.39, 0.29) is 12.0 Å². The average molecular weight is 221 g/mol. The van der Waals surface area contributed by atoms with Crippen molar-refractivity contribution in [1.29, 1.82) is 0 Å². The van der Waals surface area contributed by atoms with Gasteiger partial charge in [-0.15, -0.1) is 0 Å². The number of aliphatic hydroxyl groups is 1. The number of benzene rings is 1. The molecule has 1 saturated carbocycles. The van der Waals surface area contributed by atoms with E-state index in [0.29, 0.717) is 12.5 Å². The number of aryl methyl sites for hydroxylation is 1. The molecule has 0 aromatic heterocycles. The maximum absolute atomic E-state index is 9.35. The second-order valence-electron chi connectivity index (χ2n) is 4.71. The highest BCUT2D eigenvalue weighted by atomic mass is 16.5. The van der Waals surface area contributed by atoms with Gasteiger partial charge in [0.15, 0.2) is 0 Å². The highest BCUT2D eigenvalue weighted by Gasteiger charge is 2.53. The lowest BCUT2D eigenvalue weighted by Crippen LogP contribution is -2.21. The largest absolute Gasteiger partial charge is 0.496 e. The molecule has 1 aromatic rings. The van der Waals surface area contributed by atoms with Crippen LogP contribution in [0.3, 0.4) is 0 Å². The number of rotatable bonds is 4. The molecule has 16 heavy (non-hydrogen) atoms. The predicted molar refractivity (Wildman–Crippen MR) is 63.7 cm³/mol. The first-order valence-electron chi connectivity index (χ1n) is 5.62. The molecule has 0 aliphatic heterocycles. The number of methoxy groups -OCH3 is 1. The van der Waals surface area contributed by atoms with Crippen LogP contribution >= 0.6 is 0 Å². The molecule has 88 valence electrons. The Morgan fingerprint density at radius 1 is 1.56 bits per heavy atom. The molecule has 3 N–H and O–H groups in total. The predicted octanol–water partition coefficient (Wildman–Crippen LogP) is 1.43. The minimum Gasteiger partial charge on any atom is -0.496 e. The topological polar surface area (TPSA) is 55.5 Å². The zero-order chi connectivity index (χ0) is 11.8. The molecule has 2 atom stereocenters. The molecular weight excluding hydrogens is 202 g/mol. The first kappa shape index (κ1) is 11.4. The third-order valence-corrected chi connectivity index (χ3v) is 3.73. The standard InChI is InChI=1S/C13H19NO2/c1-9-5-10(3-4-12(9)16-2)11-6-13(11,7-14)8-15/h3-5,11,15H,6-8,14H2,1-2H3. The van der Waals surface area contributed by atoms with Gasteiger partial charge < -0.3 is 15.6 Å². The summed E-state index contributed by atoms with van der Waals surface area (Å²) in [6.07, 6.45) is 0.992. The molecule has 1 aromatic carbocycles. The van der Waals surface area contributed by atoms with Crippen molar-refractivity contribution < 1.29 is 9.84 Å². The van der Waals surface area contributed by atoms with E-state index in [2.05, 4.69) is 12.1 Å². The highest BCUT2D eigenvalue weighted by Crippen LogP contribution is 2.58. The molecule has 1 aliphatic carbocycles. The Labute approximate surface area is 96.2 Å². The lowest BCUT2D eigenvalue weighted by molar-refractivity contribution is 0.211. The van der Waals surface area contributed by atoms with Crippen LogP contribution in [-0.4, -0.2) is 25.4 Å². The molecule has 2 unspecified atom stereocenters. The minimum atomic E-state index is -0.0684. The van der Waals surface area contributed by atoms with Crippen molar-refractivity contribution in [3.05, 3.63) is 29.3 Å².